The van der Waals surface area contributed by atoms with Gasteiger partial charge in [-0.25, -0.2) is 0 Å². The summed E-state index contributed by atoms with van der Waals surface area (Å²) in [4.78, 5) is 16.0. The van der Waals surface area contributed by atoms with Crippen LogP contribution in [0.5, 0.6) is 0 Å². The topological polar surface area (TPSA) is 33.5 Å². The summed E-state index contributed by atoms with van der Waals surface area (Å²) in [5.74, 6) is 0.175. The van der Waals surface area contributed by atoms with Crippen molar-refractivity contribution in [3.05, 3.63) is 80.8 Å². The molecular weight excluding hydrogens is 398 g/mol. The van der Waals surface area contributed by atoms with Gasteiger partial charge in [0.1, 0.15) is 0 Å². The van der Waals surface area contributed by atoms with Crippen molar-refractivity contribution in [2.24, 2.45) is 0 Å². The monoisotopic (exact) mass is 417 g/mol. The van der Waals surface area contributed by atoms with Crippen molar-refractivity contribution in [1.29, 1.82) is 0 Å². The maximum Gasteiger partial charge on any atom is 0.223 e. The van der Waals surface area contributed by atoms with E-state index in [0.717, 1.165) is 35.0 Å². The largest absolute Gasteiger partial charge is 0.472 e. The van der Waals surface area contributed by atoms with E-state index < -0.39 is 0 Å². The summed E-state index contributed by atoms with van der Waals surface area (Å²) >= 11 is 5.29. The number of carbonyl (C=O) groups is 1. The number of nitrogens with zero attached hydrogens (tertiary/aromatic N) is 1. The number of benzene rings is 1. The van der Waals surface area contributed by atoms with Crippen molar-refractivity contribution < 1.29 is 9.21 Å². The highest BCUT2D eigenvalue weighted by Crippen LogP contribution is 2.19. The summed E-state index contributed by atoms with van der Waals surface area (Å²) in [6, 6.07) is 14.1. The van der Waals surface area contributed by atoms with E-state index in [4.69, 9.17) is 4.42 Å². The zero-order valence-corrected chi connectivity index (χ0v) is 16.3. The smallest absolute Gasteiger partial charge is 0.223 e. The standard InChI is InChI=1S/C20H20BrNO2S/c21-19-6-2-1-4-17(19)7-8-20(23)22(14-16-10-12-24-15-16)11-9-18-5-3-13-25-18/h1-6,10,12-13,15H,7-9,11,14H2. The fourth-order valence-electron chi connectivity index (χ4n) is 2.70. The lowest BCUT2D eigenvalue weighted by molar-refractivity contribution is -0.131. The quantitative estimate of drug-likeness (QED) is 0.497. The van der Waals surface area contributed by atoms with Gasteiger partial charge in [0.05, 0.1) is 12.5 Å². The molecule has 0 aliphatic carbocycles. The third-order valence-electron chi connectivity index (χ3n) is 4.08. The molecule has 0 unspecified atom stereocenters. The first-order chi connectivity index (χ1) is 12.2. The van der Waals surface area contributed by atoms with Gasteiger partial charge in [-0.3, -0.25) is 4.79 Å². The average Bonchev–Trinajstić information content (AvgIpc) is 3.31. The zero-order chi connectivity index (χ0) is 17.5. The first-order valence-corrected chi connectivity index (χ1v) is 9.94. The summed E-state index contributed by atoms with van der Waals surface area (Å²) in [6.07, 6.45) is 5.49. The van der Waals surface area contributed by atoms with Crippen LogP contribution in [0.4, 0.5) is 0 Å². The minimum absolute atomic E-state index is 0.175. The van der Waals surface area contributed by atoms with Crippen LogP contribution < -0.4 is 0 Å². The highest BCUT2D eigenvalue weighted by Gasteiger charge is 2.15. The molecule has 0 radical (unpaired) electrons. The summed E-state index contributed by atoms with van der Waals surface area (Å²) < 4.78 is 6.21. The van der Waals surface area contributed by atoms with E-state index in [2.05, 4.69) is 39.5 Å². The normalized spacial score (nSPS) is 10.8. The van der Waals surface area contributed by atoms with Gasteiger partial charge in [-0.1, -0.05) is 40.2 Å². The Morgan fingerprint density at radius 1 is 1.12 bits per heavy atom. The fraction of sp³-hybridized carbons (Fsp3) is 0.250. The Labute approximate surface area is 160 Å². The van der Waals surface area contributed by atoms with Gasteiger partial charge < -0.3 is 9.32 Å². The number of furan rings is 1. The first-order valence-electron chi connectivity index (χ1n) is 8.27. The van der Waals surface area contributed by atoms with Crippen molar-refractivity contribution in [2.45, 2.75) is 25.8 Å². The first kappa shape index (κ1) is 18.0. The van der Waals surface area contributed by atoms with Gasteiger partial charge in [-0.15, -0.1) is 11.3 Å². The number of amides is 1. The second-order valence-electron chi connectivity index (χ2n) is 5.87. The van der Waals surface area contributed by atoms with E-state index in [0.29, 0.717) is 13.0 Å². The molecule has 0 spiro atoms. The number of carbonyl (C=O) groups excluding carboxylic acids is 1. The van der Waals surface area contributed by atoms with Crippen LogP contribution in [0.25, 0.3) is 0 Å². The molecule has 0 saturated carbocycles. The molecule has 0 N–H and O–H groups in total. The Morgan fingerprint density at radius 3 is 2.72 bits per heavy atom. The van der Waals surface area contributed by atoms with E-state index in [1.165, 1.54) is 4.88 Å². The molecule has 2 aromatic heterocycles. The highest BCUT2D eigenvalue weighted by molar-refractivity contribution is 9.10. The third kappa shape index (κ3) is 5.31. The summed E-state index contributed by atoms with van der Waals surface area (Å²) in [6.45, 7) is 1.32. The van der Waals surface area contributed by atoms with Crippen molar-refractivity contribution in [2.75, 3.05) is 6.54 Å². The maximum absolute atomic E-state index is 12.8. The molecule has 0 bridgehead atoms. The summed E-state index contributed by atoms with van der Waals surface area (Å²) in [5.41, 5.74) is 2.19. The molecule has 0 aliphatic rings. The molecule has 0 atom stereocenters. The molecule has 5 heteroatoms. The predicted molar refractivity (Wildman–Crippen MR) is 105 cm³/mol. The number of hydrogen-bond donors (Lipinski definition) is 0. The maximum atomic E-state index is 12.8. The lowest BCUT2D eigenvalue weighted by Gasteiger charge is -2.22. The van der Waals surface area contributed by atoms with E-state index in [1.807, 2.05) is 29.2 Å². The van der Waals surface area contributed by atoms with Crippen LogP contribution >= 0.6 is 27.3 Å². The average molecular weight is 418 g/mol. The summed E-state index contributed by atoms with van der Waals surface area (Å²) in [7, 11) is 0. The number of rotatable bonds is 8. The zero-order valence-electron chi connectivity index (χ0n) is 13.9. The van der Waals surface area contributed by atoms with Gasteiger partial charge in [0.2, 0.25) is 5.91 Å². The van der Waals surface area contributed by atoms with E-state index >= 15 is 0 Å². The van der Waals surface area contributed by atoms with Crippen molar-refractivity contribution in [1.82, 2.24) is 4.90 Å². The van der Waals surface area contributed by atoms with Crippen molar-refractivity contribution >= 4 is 33.2 Å². The number of aryl methyl sites for hydroxylation is 1. The molecular formula is C20H20BrNO2S. The van der Waals surface area contributed by atoms with Crippen LogP contribution in [-0.4, -0.2) is 17.4 Å². The van der Waals surface area contributed by atoms with Crippen LogP contribution in [0.3, 0.4) is 0 Å². The van der Waals surface area contributed by atoms with Crippen molar-refractivity contribution in [3.8, 4) is 0 Å². The Hall–Kier alpha value is -1.85. The second-order valence-corrected chi connectivity index (χ2v) is 7.75. The predicted octanol–water partition coefficient (Wildman–Crippen LogP) is 5.31. The molecule has 2 heterocycles. The van der Waals surface area contributed by atoms with Crippen molar-refractivity contribution in [3.63, 3.8) is 0 Å². The SMILES string of the molecule is O=C(CCc1ccccc1Br)N(CCc1cccs1)Cc1ccoc1. The van der Waals surface area contributed by atoms with Crippen LogP contribution in [0, 0.1) is 0 Å². The van der Waals surface area contributed by atoms with Crippen LogP contribution in [0.2, 0.25) is 0 Å². The van der Waals surface area contributed by atoms with Crippen LogP contribution in [0.1, 0.15) is 22.4 Å². The lowest BCUT2D eigenvalue weighted by Crippen LogP contribution is -2.32. The number of hydrogen-bond acceptors (Lipinski definition) is 3. The second kappa shape index (κ2) is 9.02. The molecule has 1 amide bonds. The Bertz CT molecular complexity index is 784. The van der Waals surface area contributed by atoms with Gasteiger partial charge in [-0.05, 0) is 42.0 Å². The van der Waals surface area contributed by atoms with Gasteiger partial charge in [0.15, 0.2) is 0 Å². The summed E-state index contributed by atoms with van der Waals surface area (Å²) in [5, 5.41) is 2.07. The van der Waals surface area contributed by atoms with Gasteiger partial charge in [-0.2, -0.15) is 0 Å². The molecule has 3 nitrogen and oxygen atoms in total. The molecule has 3 rings (SSSR count). The van der Waals surface area contributed by atoms with E-state index in [9.17, 15) is 4.79 Å². The minimum atomic E-state index is 0.175. The molecule has 0 fully saturated rings. The molecule has 130 valence electrons. The number of thiophene rings is 1. The Balaban J connectivity index is 1.62. The van der Waals surface area contributed by atoms with Gasteiger partial charge in [0, 0.05) is 34.4 Å². The highest BCUT2D eigenvalue weighted by atomic mass is 79.9. The van der Waals surface area contributed by atoms with Gasteiger partial charge in [0.25, 0.3) is 0 Å². The van der Waals surface area contributed by atoms with E-state index in [1.54, 1.807) is 23.9 Å². The van der Waals surface area contributed by atoms with Gasteiger partial charge >= 0.3 is 0 Å². The molecule has 0 saturated heterocycles. The van der Waals surface area contributed by atoms with Crippen LogP contribution in [-0.2, 0) is 24.2 Å². The molecule has 25 heavy (non-hydrogen) atoms. The molecule has 3 aromatic rings. The Morgan fingerprint density at radius 2 is 2.00 bits per heavy atom. The lowest BCUT2D eigenvalue weighted by atomic mass is 10.1. The molecule has 0 aliphatic heterocycles. The fourth-order valence-corrected chi connectivity index (χ4v) is 3.88. The minimum Gasteiger partial charge on any atom is -0.472 e. The van der Waals surface area contributed by atoms with E-state index in [-0.39, 0.29) is 5.91 Å². The third-order valence-corrected chi connectivity index (χ3v) is 5.79. The Kier molecular flexibility index (Phi) is 6.48. The number of halogens is 1. The van der Waals surface area contributed by atoms with Crippen LogP contribution in [0.15, 0.2) is 69.3 Å². The molecule has 1 aromatic carbocycles.